The van der Waals surface area contributed by atoms with Crippen molar-refractivity contribution in [2.75, 3.05) is 4.90 Å². The molecule has 1 spiro atoms. The van der Waals surface area contributed by atoms with Gasteiger partial charge in [-0.25, -0.2) is 0 Å². The summed E-state index contributed by atoms with van der Waals surface area (Å²) in [4.78, 5) is 2.54. The van der Waals surface area contributed by atoms with Crippen molar-refractivity contribution >= 4 is 17.1 Å². The molecule has 0 aliphatic heterocycles. The Morgan fingerprint density at radius 3 is 1.14 bits per heavy atom. The van der Waals surface area contributed by atoms with Gasteiger partial charge < -0.3 is 4.90 Å². The van der Waals surface area contributed by atoms with Crippen molar-refractivity contribution in [3.05, 3.63) is 303 Å². The van der Waals surface area contributed by atoms with E-state index < -0.39 is 10.8 Å². The molecule has 69 heavy (non-hydrogen) atoms. The molecule has 10 aromatic rings. The minimum atomic E-state index is -0.531. The number of anilines is 3. The van der Waals surface area contributed by atoms with Gasteiger partial charge in [0, 0.05) is 27.9 Å². The van der Waals surface area contributed by atoms with Crippen molar-refractivity contribution in [1.82, 2.24) is 0 Å². The highest BCUT2D eigenvalue weighted by molar-refractivity contribution is 5.94. The van der Waals surface area contributed by atoms with Crippen LogP contribution in [0.3, 0.4) is 0 Å². The lowest BCUT2D eigenvalue weighted by molar-refractivity contribution is 0.563. The Hall–Kier alpha value is -8.00. The van der Waals surface area contributed by atoms with Crippen LogP contribution >= 0.6 is 0 Å². The lowest BCUT2D eigenvalue weighted by Crippen LogP contribution is -2.40. The Bertz CT molecular complexity index is 3650. The first kappa shape index (κ1) is 40.1. The van der Waals surface area contributed by atoms with E-state index in [-0.39, 0.29) is 10.8 Å². The molecule has 10 aromatic carbocycles. The second kappa shape index (κ2) is 14.3. The average molecular weight is 882 g/mol. The van der Waals surface area contributed by atoms with Gasteiger partial charge in [-0.3, -0.25) is 0 Å². The van der Waals surface area contributed by atoms with E-state index in [9.17, 15) is 0 Å². The minimum absolute atomic E-state index is 0.157. The number of rotatable bonds is 5. The molecule has 4 aliphatic carbocycles. The Morgan fingerprint density at radius 2 is 0.580 bits per heavy atom. The monoisotopic (exact) mass is 881 g/mol. The zero-order chi connectivity index (χ0) is 46.3. The van der Waals surface area contributed by atoms with Gasteiger partial charge in [-0.15, -0.1) is 0 Å². The van der Waals surface area contributed by atoms with Crippen molar-refractivity contribution in [1.29, 1.82) is 0 Å². The topological polar surface area (TPSA) is 3.24 Å². The average Bonchev–Trinajstić information content (AvgIpc) is 3.95. The fourth-order valence-electron chi connectivity index (χ4n) is 13.8. The normalized spacial score (nSPS) is 16.0. The van der Waals surface area contributed by atoms with Crippen molar-refractivity contribution < 1.29 is 0 Å². The predicted octanol–water partition coefficient (Wildman–Crippen LogP) is 16.8. The molecule has 0 unspecified atom stereocenters. The molecule has 0 heterocycles. The molecule has 0 N–H and O–H groups in total. The highest BCUT2D eigenvalue weighted by atomic mass is 15.1. The van der Waals surface area contributed by atoms with Gasteiger partial charge in [0.05, 0.1) is 10.8 Å². The van der Waals surface area contributed by atoms with Gasteiger partial charge in [-0.1, -0.05) is 228 Å². The van der Waals surface area contributed by atoms with Crippen LogP contribution in [0.25, 0.3) is 33.4 Å². The second-order valence-corrected chi connectivity index (χ2v) is 20.7. The third-order valence-electron chi connectivity index (χ3n) is 16.8. The van der Waals surface area contributed by atoms with Crippen molar-refractivity contribution in [3.63, 3.8) is 0 Å². The van der Waals surface area contributed by atoms with Gasteiger partial charge in [0.25, 0.3) is 0 Å². The molecule has 0 atom stereocenters. The summed E-state index contributed by atoms with van der Waals surface area (Å²) in [5, 5.41) is 0. The fourth-order valence-corrected chi connectivity index (χ4v) is 13.8. The molecular formula is C68H51N. The van der Waals surface area contributed by atoms with E-state index in [1.54, 1.807) is 0 Å². The summed E-state index contributed by atoms with van der Waals surface area (Å²) in [6.07, 6.45) is 0. The van der Waals surface area contributed by atoms with Crippen LogP contribution in [-0.2, 0) is 21.7 Å². The van der Waals surface area contributed by atoms with E-state index in [2.05, 4.69) is 269 Å². The standard InChI is InChI=1S/C68H51N/c1-65(2)55-28-14-11-25-49(55)52-38-35-47(42-63(52)65)69(48-36-39-53-50-26-12-15-29-56(50)67(64(53)43-48,44-21-7-5-8-22-44)45-23-9-6-10-24-45)46-37-40-58-54(41-46)51-27-13-16-30-57(51)68(58)61-33-19-17-31-59(61)66(3,4)60-32-18-20-34-62(60)68/h5-43H,1-4H3. The SMILES string of the molecule is CC1(C)c2ccccc2-c2ccc(N(c3ccc4c(c3)-c3ccccc3C43c4ccccc4C(C)(C)c4ccccc43)c3ccc4c(c3)C(c3ccccc3)(c3ccccc3)c3ccccc3-4)cc21. The first-order valence-corrected chi connectivity index (χ1v) is 24.6. The smallest absolute Gasteiger partial charge is 0.0719 e. The van der Waals surface area contributed by atoms with Gasteiger partial charge in [-0.05, 0) is 137 Å². The summed E-state index contributed by atoms with van der Waals surface area (Å²) >= 11 is 0. The lowest BCUT2D eigenvalue weighted by Gasteiger charge is -2.46. The number of fused-ring (bicyclic) bond motifs is 15. The molecule has 0 aromatic heterocycles. The van der Waals surface area contributed by atoms with Crippen molar-refractivity contribution in [3.8, 4) is 33.4 Å². The van der Waals surface area contributed by atoms with Crippen LogP contribution in [0.15, 0.2) is 237 Å². The molecule has 1 heteroatoms. The first-order valence-electron chi connectivity index (χ1n) is 24.6. The summed E-state index contributed by atoms with van der Waals surface area (Å²) in [7, 11) is 0. The molecule has 328 valence electrons. The highest BCUT2D eigenvalue weighted by Gasteiger charge is 2.53. The quantitative estimate of drug-likeness (QED) is 0.166. The molecule has 0 saturated carbocycles. The predicted molar refractivity (Wildman–Crippen MR) is 285 cm³/mol. The van der Waals surface area contributed by atoms with Gasteiger partial charge in [-0.2, -0.15) is 0 Å². The minimum Gasteiger partial charge on any atom is -0.310 e. The maximum Gasteiger partial charge on any atom is 0.0719 e. The Kier molecular flexibility index (Phi) is 8.29. The van der Waals surface area contributed by atoms with Gasteiger partial charge in [0.2, 0.25) is 0 Å². The van der Waals surface area contributed by atoms with Crippen LogP contribution in [0.2, 0.25) is 0 Å². The highest BCUT2D eigenvalue weighted by Crippen LogP contribution is 2.63. The summed E-state index contributed by atoms with van der Waals surface area (Å²) < 4.78 is 0. The van der Waals surface area contributed by atoms with Crippen LogP contribution in [0, 0.1) is 0 Å². The molecule has 4 aliphatic rings. The molecule has 1 nitrogen and oxygen atoms in total. The van der Waals surface area contributed by atoms with E-state index in [0.717, 1.165) is 17.1 Å². The summed E-state index contributed by atoms with van der Waals surface area (Å²) in [6, 6.07) is 89.9. The van der Waals surface area contributed by atoms with Gasteiger partial charge in [0.1, 0.15) is 0 Å². The zero-order valence-electron chi connectivity index (χ0n) is 39.5. The molecule has 0 amide bonds. The summed E-state index contributed by atoms with van der Waals surface area (Å²) in [6.45, 7) is 9.57. The Morgan fingerprint density at radius 1 is 0.232 bits per heavy atom. The maximum absolute atomic E-state index is 2.54. The maximum atomic E-state index is 2.54. The summed E-state index contributed by atoms with van der Waals surface area (Å²) in [5.41, 5.74) is 25.9. The van der Waals surface area contributed by atoms with E-state index in [1.165, 1.54) is 100 Å². The molecule has 0 fully saturated rings. The van der Waals surface area contributed by atoms with E-state index in [4.69, 9.17) is 0 Å². The first-order chi connectivity index (χ1) is 33.7. The molecule has 0 saturated heterocycles. The number of benzene rings is 10. The zero-order valence-corrected chi connectivity index (χ0v) is 39.5. The number of nitrogens with zero attached hydrogens (tertiary/aromatic N) is 1. The molecule has 14 rings (SSSR count). The van der Waals surface area contributed by atoms with Gasteiger partial charge >= 0.3 is 0 Å². The lowest BCUT2D eigenvalue weighted by atomic mass is 9.55. The Balaban J connectivity index is 1.04. The largest absolute Gasteiger partial charge is 0.310 e. The van der Waals surface area contributed by atoms with Crippen LogP contribution in [0.1, 0.15) is 94.5 Å². The fraction of sp³-hybridized carbons (Fsp3) is 0.118. The van der Waals surface area contributed by atoms with Crippen LogP contribution in [0.4, 0.5) is 17.1 Å². The molecule has 0 radical (unpaired) electrons. The summed E-state index contributed by atoms with van der Waals surface area (Å²) in [5.74, 6) is 0. The number of hydrogen-bond donors (Lipinski definition) is 0. The van der Waals surface area contributed by atoms with Crippen molar-refractivity contribution in [2.45, 2.75) is 49.4 Å². The van der Waals surface area contributed by atoms with E-state index in [1.807, 2.05) is 0 Å². The van der Waals surface area contributed by atoms with Crippen molar-refractivity contribution in [2.24, 2.45) is 0 Å². The molecule has 0 bridgehead atoms. The Labute approximate surface area is 406 Å². The molecular weight excluding hydrogens is 831 g/mol. The van der Waals surface area contributed by atoms with Crippen LogP contribution in [-0.4, -0.2) is 0 Å². The van der Waals surface area contributed by atoms with Crippen LogP contribution in [0.5, 0.6) is 0 Å². The van der Waals surface area contributed by atoms with Crippen LogP contribution < -0.4 is 4.90 Å². The van der Waals surface area contributed by atoms with E-state index >= 15 is 0 Å². The van der Waals surface area contributed by atoms with Gasteiger partial charge in [0.15, 0.2) is 0 Å². The number of hydrogen-bond acceptors (Lipinski definition) is 1. The van der Waals surface area contributed by atoms with E-state index in [0.29, 0.717) is 0 Å². The third kappa shape index (κ3) is 5.15. The third-order valence-corrected chi connectivity index (χ3v) is 16.8. The second-order valence-electron chi connectivity index (χ2n) is 20.7.